The van der Waals surface area contributed by atoms with Gasteiger partial charge in [0.2, 0.25) is 0 Å². The van der Waals surface area contributed by atoms with E-state index in [4.69, 9.17) is 0 Å². The van der Waals surface area contributed by atoms with Gasteiger partial charge in [-0.25, -0.2) is 0 Å². The first-order valence-corrected chi connectivity index (χ1v) is 3.32. The molecule has 0 aromatic carbocycles. The van der Waals surface area contributed by atoms with E-state index in [9.17, 15) is 4.79 Å². The molecule has 0 saturated carbocycles. The van der Waals surface area contributed by atoms with E-state index in [0.717, 1.165) is 11.9 Å². The summed E-state index contributed by atoms with van der Waals surface area (Å²) in [5, 5.41) is 0. The predicted octanol–water partition coefficient (Wildman–Crippen LogP) is 2.43. The lowest BCUT2D eigenvalue weighted by molar-refractivity contribution is -0.104. The minimum absolute atomic E-state index is 0.693. The molecule has 0 bridgehead atoms. The van der Waals surface area contributed by atoms with E-state index in [0.29, 0.717) is 5.57 Å². The Morgan fingerprint density at radius 3 is 2.55 bits per heavy atom. The molecular weight excluding hydrogens is 136 g/mol. The summed E-state index contributed by atoms with van der Waals surface area (Å²) in [5.41, 5.74) is 1.53. The van der Waals surface area contributed by atoms with Crippen LogP contribution in [0.5, 0.6) is 0 Å². The molecule has 0 aliphatic rings. The Morgan fingerprint density at radius 1 is 1.45 bits per heavy atom. The van der Waals surface area contributed by atoms with Crippen LogP contribution in [0.1, 0.15) is 6.92 Å². The lowest BCUT2D eigenvalue weighted by Crippen LogP contribution is -1.72. The molecule has 0 saturated heterocycles. The molecule has 0 aromatic rings. The highest BCUT2D eigenvalue weighted by molar-refractivity contribution is 5.72. The number of aldehydes is 1. The van der Waals surface area contributed by atoms with Crippen LogP contribution in [0.25, 0.3) is 0 Å². The Labute approximate surface area is 67.4 Å². The van der Waals surface area contributed by atoms with Gasteiger partial charge >= 0.3 is 0 Å². The van der Waals surface area contributed by atoms with Crippen molar-refractivity contribution in [2.75, 3.05) is 0 Å². The monoisotopic (exact) mass is 148 g/mol. The fourth-order valence-electron chi connectivity index (χ4n) is 0.431. The average Bonchev–Trinajstić information content (AvgIpc) is 2.04. The van der Waals surface area contributed by atoms with E-state index in [1.165, 1.54) is 0 Å². The summed E-state index contributed by atoms with van der Waals surface area (Å²) in [6, 6.07) is 0. The Hall–Kier alpha value is -1.37. The van der Waals surface area contributed by atoms with Gasteiger partial charge in [0.25, 0.3) is 0 Å². The second kappa shape index (κ2) is 5.42. The topological polar surface area (TPSA) is 17.1 Å². The van der Waals surface area contributed by atoms with Crippen LogP contribution < -0.4 is 0 Å². The molecule has 0 aliphatic carbocycles. The van der Waals surface area contributed by atoms with Gasteiger partial charge in [0.1, 0.15) is 6.29 Å². The third-order valence-corrected chi connectivity index (χ3v) is 1.12. The molecule has 58 valence electrons. The van der Waals surface area contributed by atoms with E-state index < -0.39 is 0 Å². The van der Waals surface area contributed by atoms with E-state index >= 15 is 0 Å². The summed E-state index contributed by atoms with van der Waals surface area (Å²) < 4.78 is 0. The summed E-state index contributed by atoms with van der Waals surface area (Å²) in [6.07, 6.45) is 7.75. The number of carbonyl (C=O) groups excluding carboxylic acids is 1. The van der Waals surface area contributed by atoms with Crippen molar-refractivity contribution in [1.82, 2.24) is 0 Å². The normalized spacial score (nSPS) is 11.5. The number of hydrogen-bond acceptors (Lipinski definition) is 1. The smallest absolute Gasteiger partial charge is 0.145 e. The second-order valence-corrected chi connectivity index (χ2v) is 2.17. The maximum absolute atomic E-state index is 10.1. The van der Waals surface area contributed by atoms with Crippen LogP contribution in [0.2, 0.25) is 0 Å². The highest BCUT2D eigenvalue weighted by atomic mass is 16.1. The maximum Gasteiger partial charge on any atom is 0.145 e. The molecule has 1 heteroatoms. The van der Waals surface area contributed by atoms with Gasteiger partial charge in [-0.3, -0.25) is 4.79 Å². The van der Waals surface area contributed by atoms with Gasteiger partial charge in [0.15, 0.2) is 0 Å². The van der Waals surface area contributed by atoms with Gasteiger partial charge in [0, 0.05) is 0 Å². The molecule has 0 radical (unpaired) electrons. The molecule has 0 fully saturated rings. The zero-order valence-corrected chi connectivity index (χ0v) is 6.71. The van der Waals surface area contributed by atoms with E-state index in [2.05, 4.69) is 13.2 Å². The standard InChI is InChI=1S/C10H12O/c1-4-9(2)6-5-7-10(3)8-11/h4-8H,1-2H2,3H3/b6-5+,10-7+. The largest absolute Gasteiger partial charge is 0.298 e. The summed E-state index contributed by atoms with van der Waals surface area (Å²) >= 11 is 0. The number of allylic oxidation sites excluding steroid dienone is 6. The molecule has 0 unspecified atom stereocenters. The van der Waals surface area contributed by atoms with Crippen molar-refractivity contribution < 1.29 is 4.79 Å². The van der Waals surface area contributed by atoms with Crippen LogP contribution >= 0.6 is 0 Å². The average molecular weight is 148 g/mol. The van der Waals surface area contributed by atoms with Gasteiger partial charge in [0.05, 0.1) is 0 Å². The zero-order chi connectivity index (χ0) is 8.69. The summed E-state index contributed by atoms with van der Waals surface area (Å²) in [7, 11) is 0. The van der Waals surface area contributed by atoms with Crippen molar-refractivity contribution in [2.24, 2.45) is 0 Å². The molecule has 0 spiro atoms. The predicted molar refractivity (Wildman–Crippen MR) is 48.3 cm³/mol. The van der Waals surface area contributed by atoms with Gasteiger partial charge in [-0.05, 0) is 18.1 Å². The minimum Gasteiger partial charge on any atom is -0.298 e. The molecule has 0 aliphatic heterocycles. The van der Waals surface area contributed by atoms with Crippen molar-refractivity contribution in [2.45, 2.75) is 6.92 Å². The summed E-state index contributed by atoms with van der Waals surface area (Å²) in [6.45, 7) is 8.95. The number of carbonyl (C=O) groups is 1. The van der Waals surface area contributed by atoms with Gasteiger partial charge < -0.3 is 0 Å². The van der Waals surface area contributed by atoms with Crippen LogP contribution in [0.3, 0.4) is 0 Å². The molecule has 0 amide bonds. The quantitative estimate of drug-likeness (QED) is 0.340. The number of hydrogen-bond donors (Lipinski definition) is 0. The van der Waals surface area contributed by atoms with Gasteiger partial charge in [-0.2, -0.15) is 0 Å². The molecule has 0 rings (SSSR count). The van der Waals surface area contributed by atoms with Crippen LogP contribution in [0.15, 0.2) is 48.6 Å². The van der Waals surface area contributed by atoms with Crippen molar-refractivity contribution >= 4 is 6.29 Å². The first-order chi connectivity index (χ1) is 5.20. The Bertz CT molecular complexity index is 219. The van der Waals surface area contributed by atoms with E-state index in [-0.39, 0.29) is 0 Å². The van der Waals surface area contributed by atoms with E-state index in [1.54, 1.807) is 31.2 Å². The van der Waals surface area contributed by atoms with Crippen LogP contribution in [-0.4, -0.2) is 6.29 Å². The van der Waals surface area contributed by atoms with Crippen LogP contribution in [0.4, 0.5) is 0 Å². The molecule has 1 nitrogen and oxygen atoms in total. The zero-order valence-electron chi connectivity index (χ0n) is 6.71. The molecule has 0 aromatic heterocycles. The Morgan fingerprint density at radius 2 is 2.09 bits per heavy atom. The molecule has 0 atom stereocenters. The third kappa shape index (κ3) is 5.09. The lowest BCUT2D eigenvalue weighted by atomic mass is 10.2. The first kappa shape index (κ1) is 9.63. The fraction of sp³-hybridized carbons (Fsp3) is 0.100. The molecular formula is C10H12O. The van der Waals surface area contributed by atoms with Crippen molar-refractivity contribution in [1.29, 1.82) is 0 Å². The van der Waals surface area contributed by atoms with Crippen molar-refractivity contribution in [3.63, 3.8) is 0 Å². The second-order valence-electron chi connectivity index (χ2n) is 2.17. The maximum atomic E-state index is 10.1. The SMILES string of the molecule is C=CC(=C)/C=C/C=C(\C)C=O. The molecule has 11 heavy (non-hydrogen) atoms. The fourth-order valence-corrected chi connectivity index (χ4v) is 0.431. The summed E-state index contributed by atoms with van der Waals surface area (Å²) in [5.74, 6) is 0. The highest BCUT2D eigenvalue weighted by Crippen LogP contribution is 1.94. The number of rotatable bonds is 4. The van der Waals surface area contributed by atoms with Gasteiger partial charge in [-0.15, -0.1) is 0 Å². The third-order valence-electron chi connectivity index (χ3n) is 1.12. The molecule has 0 heterocycles. The minimum atomic E-state index is 0.693. The molecule has 0 N–H and O–H groups in total. The Kier molecular flexibility index (Phi) is 4.74. The van der Waals surface area contributed by atoms with Crippen LogP contribution in [0, 0.1) is 0 Å². The van der Waals surface area contributed by atoms with E-state index in [1.807, 2.05) is 0 Å². The highest BCUT2D eigenvalue weighted by Gasteiger charge is 1.78. The first-order valence-electron chi connectivity index (χ1n) is 3.32. The van der Waals surface area contributed by atoms with Crippen molar-refractivity contribution in [3.05, 3.63) is 48.6 Å². The lowest BCUT2D eigenvalue weighted by Gasteiger charge is -1.84. The Balaban J connectivity index is 4.05. The summed E-state index contributed by atoms with van der Waals surface area (Å²) in [4.78, 5) is 10.1. The van der Waals surface area contributed by atoms with Gasteiger partial charge in [-0.1, -0.05) is 37.5 Å². The van der Waals surface area contributed by atoms with Crippen molar-refractivity contribution in [3.8, 4) is 0 Å². The van der Waals surface area contributed by atoms with Crippen LogP contribution in [-0.2, 0) is 4.79 Å².